The van der Waals surface area contributed by atoms with Gasteiger partial charge in [-0.15, -0.1) is 11.3 Å². The van der Waals surface area contributed by atoms with Gasteiger partial charge in [0, 0.05) is 29.2 Å². The highest BCUT2D eigenvalue weighted by Gasteiger charge is 2.18. The Morgan fingerprint density at radius 3 is 2.73 bits per heavy atom. The van der Waals surface area contributed by atoms with Gasteiger partial charge in [0.15, 0.2) is 4.96 Å². The zero-order valence-electron chi connectivity index (χ0n) is 14.3. The van der Waals surface area contributed by atoms with Crippen LogP contribution in [0.1, 0.15) is 32.2 Å². The number of aromatic nitrogens is 2. The number of hydrogen-bond acceptors (Lipinski definition) is 4. The van der Waals surface area contributed by atoms with Crippen molar-refractivity contribution >= 4 is 22.2 Å². The molecule has 0 aliphatic rings. The van der Waals surface area contributed by atoms with Gasteiger partial charge >= 0.3 is 0 Å². The maximum Gasteiger partial charge on any atom is 0.269 e. The van der Waals surface area contributed by atoms with E-state index in [9.17, 15) is 18.4 Å². The van der Waals surface area contributed by atoms with Crippen LogP contribution in [0.25, 0.3) is 4.96 Å². The lowest BCUT2D eigenvalue weighted by Gasteiger charge is -2.06. The first-order chi connectivity index (χ1) is 12.5. The summed E-state index contributed by atoms with van der Waals surface area (Å²) in [5.41, 5.74) is 0.833. The van der Waals surface area contributed by atoms with Crippen molar-refractivity contribution in [1.82, 2.24) is 14.7 Å². The summed E-state index contributed by atoms with van der Waals surface area (Å²) in [6, 6.07) is 5.96. The molecule has 0 fully saturated rings. The van der Waals surface area contributed by atoms with Gasteiger partial charge in [0.2, 0.25) is 0 Å². The number of amides is 1. The summed E-state index contributed by atoms with van der Waals surface area (Å²) in [5, 5.41) is 2.51. The van der Waals surface area contributed by atoms with E-state index in [0.29, 0.717) is 33.9 Å². The molecule has 1 N–H and O–H groups in total. The lowest BCUT2D eigenvalue weighted by molar-refractivity contribution is 0.0956. The Kier molecular flexibility index (Phi) is 5.13. The molecule has 0 saturated carbocycles. The number of halogens is 2. The van der Waals surface area contributed by atoms with Crippen LogP contribution >= 0.6 is 11.3 Å². The minimum absolute atomic E-state index is 0.0232. The molecule has 0 unspecified atom stereocenters. The minimum atomic E-state index is -0.859. The fourth-order valence-corrected chi connectivity index (χ4v) is 3.81. The molecule has 8 heteroatoms. The number of alkyl halides is 1. The quantitative estimate of drug-likeness (QED) is 0.744. The highest BCUT2D eigenvalue weighted by Crippen LogP contribution is 2.21. The van der Waals surface area contributed by atoms with E-state index in [1.807, 2.05) is 0 Å². The van der Waals surface area contributed by atoms with Crippen molar-refractivity contribution in [1.29, 1.82) is 0 Å². The zero-order chi connectivity index (χ0) is 18.8. The van der Waals surface area contributed by atoms with Gasteiger partial charge < -0.3 is 5.32 Å². The van der Waals surface area contributed by atoms with Crippen LogP contribution in [-0.2, 0) is 19.5 Å². The van der Waals surface area contributed by atoms with Crippen molar-refractivity contribution in [2.24, 2.45) is 0 Å². The minimum Gasteiger partial charge on any atom is -0.354 e. The molecule has 136 valence electrons. The van der Waals surface area contributed by atoms with Crippen LogP contribution in [0.15, 0.2) is 29.1 Å². The van der Waals surface area contributed by atoms with Gasteiger partial charge in [-0.1, -0.05) is 18.2 Å². The highest BCUT2D eigenvalue weighted by atomic mass is 32.1. The second-order valence-electron chi connectivity index (χ2n) is 5.81. The number of aryl methyl sites for hydroxylation is 3. The molecular formula is C18H17F2N3O2S. The normalized spacial score (nSPS) is 11.1. The van der Waals surface area contributed by atoms with Gasteiger partial charge in [-0.3, -0.25) is 9.59 Å². The molecule has 0 radical (unpaired) electrons. The van der Waals surface area contributed by atoms with Gasteiger partial charge in [0.25, 0.3) is 11.5 Å². The average molecular weight is 377 g/mol. The highest BCUT2D eigenvalue weighted by molar-refractivity contribution is 7.17. The standard InChI is InChI=1S/C18H17F2N3O2S/c1-10-16(17(25)21-2)23-14(24)8-13(22-18(23)26-10)7-6-11-4-3-5-12(9-19)15(11)20/h3-5,8H,6-7,9H2,1-2H3,(H,21,25). The van der Waals surface area contributed by atoms with Gasteiger partial charge in [0.1, 0.15) is 18.2 Å². The summed E-state index contributed by atoms with van der Waals surface area (Å²) < 4.78 is 28.2. The smallest absolute Gasteiger partial charge is 0.269 e. The van der Waals surface area contributed by atoms with Gasteiger partial charge in [-0.05, 0) is 25.3 Å². The van der Waals surface area contributed by atoms with Crippen LogP contribution in [0.5, 0.6) is 0 Å². The molecule has 5 nitrogen and oxygen atoms in total. The van der Waals surface area contributed by atoms with Crippen molar-refractivity contribution < 1.29 is 13.6 Å². The number of benzene rings is 1. The first-order valence-electron chi connectivity index (χ1n) is 8.02. The van der Waals surface area contributed by atoms with Crippen LogP contribution in [0.3, 0.4) is 0 Å². The molecule has 26 heavy (non-hydrogen) atoms. The first kappa shape index (κ1) is 18.2. The van der Waals surface area contributed by atoms with Gasteiger partial charge in [-0.2, -0.15) is 0 Å². The number of hydrogen-bond donors (Lipinski definition) is 1. The van der Waals surface area contributed by atoms with E-state index in [-0.39, 0.29) is 22.7 Å². The third-order valence-electron chi connectivity index (χ3n) is 4.14. The summed E-state index contributed by atoms with van der Waals surface area (Å²) >= 11 is 1.25. The summed E-state index contributed by atoms with van der Waals surface area (Å²) in [6.45, 7) is 0.892. The maximum atomic E-state index is 14.1. The molecular weight excluding hydrogens is 360 g/mol. The van der Waals surface area contributed by atoms with Crippen LogP contribution in [0, 0.1) is 12.7 Å². The monoisotopic (exact) mass is 377 g/mol. The van der Waals surface area contributed by atoms with Crippen molar-refractivity contribution in [2.45, 2.75) is 26.4 Å². The molecule has 0 aliphatic heterocycles. The molecule has 0 spiro atoms. The fourth-order valence-electron chi connectivity index (χ4n) is 2.82. The topological polar surface area (TPSA) is 63.5 Å². The number of nitrogens with one attached hydrogen (secondary N) is 1. The third-order valence-corrected chi connectivity index (χ3v) is 5.09. The second kappa shape index (κ2) is 7.33. The van der Waals surface area contributed by atoms with E-state index in [2.05, 4.69) is 10.3 Å². The number of thiazole rings is 1. The van der Waals surface area contributed by atoms with Crippen molar-refractivity contribution in [2.75, 3.05) is 7.05 Å². The zero-order valence-corrected chi connectivity index (χ0v) is 15.1. The van der Waals surface area contributed by atoms with E-state index in [4.69, 9.17) is 0 Å². The van der Waals surface area contributed by atoms with Gasteiger partial charge in [-0.25, -0.2) is 18.2 Å². The van der Waals surface area contributed by atoms with Crippen molar-refractivity contribution in [3.05, 3.63) is 67.8 Å². The predicted molar refractivity (Wildman–Crippen MR) is 96.1 cm³/mol. The lowest BCUT2D eigenvalue weighted by Crippen LogP contribution is -2.25. The molecule has 0 bridgehead atoms. The number of nitrogens with zero attached hydrogens (tertiary/aromatic N) is 2. The second-order valence-corrected chi connectivity index (χ2v) is 7.00. The van der Waals surface area contributed by atoms with E-state index in [1.165, 1.54) is 34.9 Å². The van der Waals surface area contributed by atoms with Gasteiger partial charge in [0.05, 0.1) is 0 Å². The van der Waals surface area contributed by atoms with Crippen molar-refractivity contribution in [3.63, 3.8) is 0 Å². The first-order valence-corrected chi connectivity index (χ1v) is 8.84. The molecule has 3 aromatic rings. The van der Waals surface area contributed by atoms with Crippen LogP contribution in [0.2, 0.25) is 0 Å². The Morgan fingerprint density at radius 1 is 1.31 bits per heavy atom. The molecule has 0 atom stereocenters. The van der Waals surface area contributed by atoms with E-state index in [0.717, 1.165) is 0 Å². The summed E-state index contributed by atoms with van der Waals surface area (Å²) in [4.78, 5) is 30.0. The SMILES string of the molecule is CNC(=O)c1c(C)sc2nc(CCc3cccc(CF)c3F)cc(=O)n12. The lowest BCUT2D eigenvalue weighted by atomic mass is 10.0. The third kappa shape index (κ3) is 3.24. The molecule has 3 rings (SSSR count). The summed E-state index contributed by atoms with van der Waals surface area (Å²) in [6.07, 6.45) is 0.638. The number of carbonyl (C=O) groups is 1. The molecule has 0 aliphatic carbocycles. The Morgan fingerprint density at radius 2 is 2.04 bits per heavy atom. The summed E-state index contributed by atoms with van der Waals surface area (Å²) in [7, 11) is 1.50. The fraction of sp³-hybridized carbons (Fsp3) is 0.278. The average Bonchev–Trinajstić information content (AvgIpc) is 2.96. The predicted octanol–water partition coefficient (Wildman–Crippen LogP) is 2.82. The Hall–Kier alpha value is -2.61. The Labute approximate surface area is 152 Å². The Bertz CT molecular complexity index is 1040. The van der Waals surface area contributed by atoms with E-state index in [1.54, 1.807) is 19.1 Å². The number of carbonyl (C=O) groups excluding carboxylic acids is 1. The van der Waals surface area contributed by atoms with Crippen LogP contribution in [0.4, 0.5) is 8.78 Å². The van der Waals surface area contributed by atoms with Crippen LogP contribution < -0.4 is 10.9 Å². The molecule has 2 aromatic heterocycles. The largest absolute Gasteiger partial charge is 0.354 e. The molecule has 1 amide bonds. The molecule has 0 saturated heterocycles. The van der Waals surface area contributed by atoms with Crippen LogP contribution in [-0.4, -0.2) is 22.3 Å². The molecule has 2 heterocycles. The number of rotatable bonds is 5. The summed E-state index contributed by atoms with van der Waals surface area (Å²) in [5.74, 6) is -0.905. The Balaban J connectivity index is 1.93. The number of fused-ring (bicyclic) bond motifs is 1. The van der Waals surface area contributed by atoms with E-state index < -0.39 is 12.5 Å². The maximum absolute atomic E-state index is 14.1. The van der Waals surface area contributed by atoms with E-state index >= 15 is 0 Å². The molecule has 1 aromatic carbocycles. The van der Waals surface area contributed by atoms with Crippen molar-refractivity contribution in [3.8, 4) is 0 Å².